The molecule has 0 saturated carbocycles. The number of hydrogen-bond donors (Lipinski definition) is 1. The molecule has 0 radical (unpaired) electrons. The molecule has 21 heavy (non-hydrogen) atoms. The Morgan fingerprint density at radius 3 is 2.48 bits per heavy atom. The molecular formula is C13H21N5O2S. The lowest BCUT2D eigenvalue weighted by molar-refractivity contribution is 0.576. The van der Waals surface area contributed by atoms with E-state index in [1.807, 2.05) is 27.1 Å². The maximum absolute atomic E-state index is 11.8. The summed E-state index contributed by atoms with van der Waals surface area (Å²) in [7, 11) is -1.88. The Hall–Kier alpha value is -1.67. The van der Waals surface area contributed by atoms with Crippen LogP contribution >= 0.6 is 0 Å². The van der Waals surface area contributed by atoms with Gasteiger partial charge in [-0.1, -0.05) is 13.8 Å². The average molecular weight is 311 g/mol. The van der Waals surface area contributed by atoms with Crippen LogP contribution in [0.5, 0.6) is 0 Å². The highest BCUT2D eigenvalue weighted by atomic mass is 32.2. The molecule has 2 aromatic heterocycles. The van der Waals surface area contributed by atoms with Gasteiger partial charge in [0.2, 0.25) is 10.0 Å². The van der Waals surface area contributed by atoms with Crippen LogP contribution in [0.3, 0.4) is 0 Å². The van der Waals surface area contributed by atoms with Crippen molar-refractivity contribution in [3.05, 3.63) is 29.3 Å². The molecule has 0 fully saturated rings. The second kappa shape index (κ2) is 5.98. The Morgan fingerprint density at radius 2 is 2.00 bits per heavy atom. The van der Waals surface area contributed by atoms with Crippen LogP contribution in [0.25, 0.3) is 0 Å². The monoisotopic (exact) mass is 311 g/mol. The zero-order valence-corrected chi connectivity index (χ0v) is 13.4. The number of aryl methyl sites for hydroxylation is 4. The van der Waals surface area contributed by atoms with E-state index in [9.17, 15) is 8.42 Å². The van der Waals surface area contributed by atoms with Crippen molar-refractivity contribution in [3.63, 3.8) is 0 Å². The van der Waals surface area contributed by atoms with Gasteiger partial charge in [0.25, 0.3) is 0 Å². The first-order valence-electron chi connectivity index (χ1n) is 6.95. The fraction of sp³-hybridized carbons (Fsp3) is 0.538. The van der Waals surface area contributed by atoms with Gasteiger partial charge in [0.1, 0.15) is 4.90 Å². The maximum atomic E-state index is 11.8. The van der Waals surface area contributed by atoms with E-state index in [4.69, 9.17) is 5.14 Å². The van der Waals surface area contributed by atoms with Crippen molar-refractivity contribution in [2.75, 3.05) is 0 Å². The Kier molecular flexibility index (Phi) is 4.48. The molecule has 0 amide bonds. The molecule has 8 heteroatoms. The molecule has 0 saturated heterocycles. The Balaban J connectivity index is 2.33. The minimum atomic E-state index is -3.75. The van der Waals surface area contributed by atoms with Crippen molar-refractivity contribution in [2.24, 2.45) is 12.2 Å². The predicted octanol–water partition coefficient (Wildman–Crippen LogP) is 0.632. The van der Waals surface area contributed by atoms with Gasteiger partial charge in [-0.05, 0) is 24.8 Å². The van der Waals surface area contributed by atoms with E-state index in [1.54, 1.807) is 15.6 Å². The summed E-state index contributed by atoms with van der Waals surface area (Å²) in [5.41, 5.74) is 2.31. The van der Waals surface area contributed by atoms with Crippen molar-refractivity contribution in [1.82, 2.24) is 19.6 Å². The fourth-order valence-electron chi connectivity index (χ4n) is 2.46. The molecule has 0 aromatic carbocycles. The topological polar surface area (TPSA) is 95.8 Å². The maximum Gasteiger partial charge on any atom is 0.241 e. The number of hydrogen-bond acceptors (Lipinski definition) is 4. The summed E-state index contributed by atoms with van der Waals surface area (Å²) < 4.78 is 27.1. The molecule has 2 N–H and O–H groups in total. The highest BCUT2D eigenvalue weighted by molar-refractivity contribution is 7.89. The van der Waals surface area contributed by atoms with Gasteiger partial charge in [-0.15, -0.1) is 0 Å². The number of sulfonamides is 1. The number of rotatable bonds is 6. The van der Waals surface area contributed by atoms with Crippen LogP contribution in [0.1, 0.15) is 30.8 Å². The molecule has 2 rings (SSSR count). The lowest BCUT2D eigenvalue weighted by atomic mass is 10.2. The van der Waals surface area contributed by atoms with Crippen LogP contribution in [0.15, 0.2) is 17.3 Å². The summed E-state index contributed by atoms with van der Waals surface area (Å²) in [5.74, 6) is 0. The SMILES string of the molecule is CCc1nn(CCc2cnn(C)c2)c(CC)c1S(N)(=O)=O. The van der Waals surface area contributed by atoms with Crippen LogP contribution in [0.2, 0.25) is 0 Å². The Bertz CT molecular complexity index is 730. The molecule has 0 spiro atoms. The Morgan fingerprint density at radius 1 is 1.29 bits per heavy atom. The van der Waals surface area contributed by atoms with Gasteiger partial charge in [-0.3, -0.25) is 9.36 Å². The summed E-state index contributed by atoms with van der Waals surface area (Å²) >= 11 is 0. The van der Waals surface area contributed by atoms with Crippen molar-refractivity contribution < 1.29 is 8.42 Å². The number of aromatic nitrogens is 4. The fourth-order valence-corrected chi connectivity index (χ4v) is 3.55. The van der Waals surface area contributed by atoms with Crippen LogP contribution in [0, 0.1) is 0 Å². The van der Waals surface area contributed by atoms with Crippen LogP contribution in [0.4, 0.5) is 0 Å². The van der Waals surface area contributed by atoms with Crippen molar-refractivity contribution >= 4 is 10.0 Å². The molecule has 7 nitrogen and oxygen atoms in total. The minimum Gasteiger partial charge on any atom is -0.276 e. The second-order valence-corrected chi connectivity index (χ2v) is 6.47. The van der Waals surface area contributed by atoms with Gasteiger partial charge < -0.3 is 0 Å². The lowest BCUT2D eigenvalue weighted by Crippen LogP contribution is -2.16. The lowest BCUT2D eigenvalue weighted by Gasteiger charge is -2.06. The van der Waals surface area contributed by atoms with Gasteiger partial charge in [0.05, 0.1) is 17.6 Å². The molecule has 0 atom stereocenters. The first-order valence-corrected chi connectivity index (χ1v) is 8.50. The van der Waals surface area contributed by atoms with E-state index in [2.05, 4.69) is 10.2 Å². The molecule has 0 aliphatic rings. The molecule has 2 aromatic rings. The second-order valence-electron chi connectivity index (χ2n) is 4.97. The first-order chi connectivity index (χ1) is 9.86. The third-order valence-electron chi connectivity index (χ3n) is 3.40. The first kappa shape index (κ1) is 15.7. The summed E-state index contributed by atoms with van der Waals surface area (Å²) in [5, 5.41) is 13.9. The van der Waals surface area contributed by atoms with Crippen LogP contribution in [-0.2, 0) is 42.9 Å². The third kappa shape index (κ3) is 3.33. The summed E-state index contributed by atoms with van der Waals surface area (Å²) in [4.78, 5) is 0.193. The van der Waals surface area contributed by atoms with Crippen molar-refractivity contribution in [1.29, 1.82) is 0 Å². The van der Waals surface area contributed by atoms with Crippen molar-refractivity contribution in [2.45, 2.75) is 44.6 Å². The van der Waals surface area contributed by atoms with E-state index in [-0.39, 0.29) is 4.90 Å². The van der Waals surface area contributed by atoms with E-state index in [1.165, 1.54) is 0 Å². The number of primary sulfonamides is 1. The number of nitrogens with zero attached hydrogens (tertiary/aromatic N) is 4. The van der Waals surface area contributed by atoms with Gasteiger partial charge in [-0.2, -0.15) is 10.2 Å². The predicted molar refractivity (Wildman–Crippen MR) is 79.3 cm³/mol. The summed E-state index contributed by atoms with van der Waals surface area (Å²) in [6.07, 6.45) is 5.60. The average Bonchev–Trinajstić information content (AvgIpc) is 2.98. The van der Waals surface area contributed by atoms with E-state index >= 15 is 0 Å². The van der Waals surface area contributed by atoms with Gasteiger partial charge >= 0.3 is 0 Å². The normalized spacial score (nSPS) is 12.0. The van der Waals surface area contributed by atoms with E-state index in [0.717, 1.165) is 12.0 Å². The Labute approximate surface area is 124 Å². The molecule has 0 unspecified atom stereocenters. The molecule has 0 aliphatic heterocycles. The number of nitrogens with two attached hydrogens (primary N) is 1. The van der Waals surface area contributed by atoms with Gasteiger partial charge in [-0.25, -0.2) is 13.6 Å². The van der Waals surface area contributed by atoms with E-state index < -0.39 is 10.0 Å². The standard InChI is InChI=1S/C13H21N5O2S/c1-4-11-13(21(14,19)20)12(5-2)18(16-11)7-6-10-8-15-17(3)9-10/h8-9H,4-7H2,1-3H3,(H2,14,19,20). The van der Waals surface area contributed by atoms with Gasteiger partial charge in [0, 0.05) is 19.8 Å². The van der Waals surface area contributed by atoms with Crippen molar-refractivity contribution in [3.8, 4) is 0 Å². The molecule has 0 aliphatic carbocycles. The third-order valence-corrected chi connectivity index (χ3v) is 4.44. The zero-order valence-electron chi connectivity index (χ0n) is 12.6. The summed E-state index contributed by atoms with van der Waals surface area (Å²) in [6.45, 7) is 4.39. The zero-order chi connectivity index (χ0) is 15.6. The molecule has 0 bridgehead atoms. The minimum absolute atomic E-state index is 0.193. The molecule has 116 valence electrons. The largest absolute Gasteiger partial charge is 0.276 e. The van der Waals surface area contributed by atoms with Crippen LogP contribution < -0.4 is 5.14 Å². The molecule has 2 heterocycles. The smallest absolute Gasteiger partial charge is 0.241 e. The quantitative estimate of drug-likeness (QED) is 0.846. The summed E-state index contributed by atoms with van der Waals surface area (Å²) in [6, 6.07) is 0. The van der Waals surface area contributed by atoms with E-state index in [0.29, 0.717) is 30.8 Å². The van der Waals surface area contributed by atoms with Gasteiger partial charge in [0.15, 0.2) is 0 Å². The molecular weight excluding hydrogens is 290 g/mol. The highest BCUT2D eigenvalue weighted by Gasteiger charge is 2.23. The highest BCUT2D eigenvalue weighted by Crippen LogP contribution is 2.21. The van der Waals surface area contributed by atoms with Crippen LogP contribution in [-0.4, -0.2) is 28.0 Å².